The van der Waals surface area contributed by atoms with Gasteiger partial charge in [0.2, 0.25) is 0 Å². The van der Waals surface area contributed by atoms with Gasteiger partial charge in [0.05, 0.1) is 11.3 Å². The van der Waals surface area contributed by atoms with Crippen molar-refractivity contribution in [3.05, 3.63) is 165 Å². The van der Waals surface area contributed by atoms with Crippen LogP contribution in [0.2, 0.25) is 0 Å². The molecule has 6 nitrogen and oxygen atoms in total. The van der Waals surface area contributed by atoms with Crippen LogP contribution in [-0.4, -0.2) is 29.0 Å². The number of aromatic nitrogens is 2. The molecule has 9 heteroatoms. The molecule has 0 bridgehead atoms. The molecule has 2 unspecified atom stereocenters. The van der Waals surface area contributed by atoms with E-state index in [4.69, 9.17) is 0 Å². The van der Waals surface area contributed by atoms with Gasteiger partial charge < -0.3 is 15.1 Å². The number of anilines is 1. The van der Waals surface area contributed by atoms with Crippen molar-refractivity contribution in [2.75, 3.05) is 11.9 Å². The first-order valence-corrected chi connectivity index (χ1v) is 15.9. The average molecular weight is 650 g/mol. The normalized spacial score (nSPS) is 22.5. The number of rotatable bonds is 7. The predicted molar refractivity (Wildman–Crippen MR) is 175 cm³/mol. The molecule has 0 radical (unpaired) electrons. The Hall–Kier alpha value is -4.86. The van der Waals surface area contributed by atoms with Crippen molar-refractivity contribution in [2.24, 2.45) is 5.92 Å². The quantitative estimate of drug-likeness (QED) is 0.255. The summed E-state index contributed by atoms with van der Waals surface area (Å²) in [5, 5.41) is 30.1. The van der Waals surface area contributed by atoms with E-state index < -0.39 is 52.5 Å². The Morgan fingerprint density at radius 2 is 1.38 bits per heavy atom. The van der Waals surface area contributed by atoms with Crippen LogP contribution in [0.3, 0.4) is 0 Å². The number of alkyl halides is 3. The molecular formula is C39H34F3N3O3-2. The summed E-state index contributed by atoms with van der Waals surface area (Å²) in [6.45, 7) is 2.02. The van der Waals surface area contributed by atoms with Crippen LogP contribution in [0.1, 0.15) is 39.4 Å². The smallest absolute Gasteiger partial charge is 0.433 e. The standard InChI is InChI=1S/C39H34F3N3O3/c1-24-18-19-30-29(20-24)38(22-25-12-6-3-7-13-25,23-26-14-8-4-9-15-26)31(44(30)2)21-28-34(46)32(35(28)47)33-36(39(40,41)42)43-45(37(33)48)27-16-10-5-11-17-27/h3-21,28,32,34-35,43H,22-23H2,1-2H3/q-2. The van der Waals surface area contributed by atoms with Gasteiger partial charge in [-0.2, -0.15) is 13.2 Å². The Balaban J connectivity index is 1.34. The summed E-state index contributed by atoms with van der Waals surface area (Å²) >= 11 is 0. The highest BCUT2D eigenvalue weighted by Crippen LogP contribution is 2.53. The van der Waals surface area contributed by atoms with Crippen LogP contribution < -0.4 is 20.7 Å². The summed E-state index contributed by atoms with van der Waals surface area (Å²) in [5.74, 6) is -2.81. The van der Waals surface area contributed by atoms with Gasteiger partial charge in [-0.1, -0.05) is 103 Å². The number of hydrogen-bond donors (Lipinski definition) is 1. The summed E-state index contributed by atoms with van der Waals surface area (Å²) in [6, 6.07) is 34.0. The third-order valence-electron chi connectivity index (χ3n) is 9.95. The van der Waals surface area contributed by atoms with Crippen molar-refractivity contribution >= 4 is 5.69 Å². The highest BCUT2D eigenvalue weighted by Gasteiger charge is 2.50. The molecule has 0 saturated heterocycles. The van der Waals surface area contributed by atoms with Crippen LogP contribution in [0.15, 0.2) is 126 Å². The Kier molecular flexibility index (Phi) is 7.92. The van der Waals surface area contributed by atoms with Crippen molar-refractivity contribution < 1.29 is 23.4 Å². The zero-order valence-corrected chi connectivity index (χ0v) is 26.4. The lowest BCUT2D eigenvalue weighted by Gasteiger charge is -2.60. The molecule has 0 spiro atoms. The zero-order valence-electron chi connectivity index (χ0n) is 26.4. The second kappa shape index (κ2) is 12.0. The summed E-state index contributed by atoms with van der Waals surface area (Å²) in [5.41, 5.74) is 2.26. The van der Waals surface area contributed by atoms with E-state index in [0.29, 0.717) is 12.8 Å². The fourth-order valence-corrected chi connectivity index (χ4v) is 7.65. The van der Waals surface area contributed by atoms with E-state index in [1.165, 1.54) is 12.1 Å². The molecule has 2 heterocycles. The van der Waals surface area contributed by atoms with Crippen LogP contribution >= 0.6 is 0 Å². The van der Waals surface area contributed by atoms with Gasteiger partial charge in [0.1, 0.15) is 5.69 Å². The summed E-state index contributed by atoms with van der Waals surface area (Å²) in [4.78, 5) is 15.5. The van der Waals surface area contributed by atoms with Crippen molar-refractivity contribution in [1.82, 2.24) is 9.78 Å². The monoisotopic (exact) mass is 649 g/mol. The van der Waals surface area contributed by atoms with Gasteiger partial charge in [-0.25, -0.2) is 4.68 Å². The van der Waals surface area contributed by atoms with Gasteiger partial charge >= 0.3 is 6.18 Å². The van der Waals surface area contributed by atoms with E-state index in [9.17, 15) is 28.2 Å². The molecule has 1 fully saturated rings. The second-order valence-electron chi connectivity index (χ2n) is 12.9. The molecule has 4 aromatic carbocycles. The minimum absolute atomic E-state index is 0.175. The Labute approximate surface area is 276 Å². The molecule has 246 valence electrons. The number of aromatic amines is 1. The molecule has 5 aromatic rings. The molecule has 1 aliphatic carbocycles. The Morgan fingerprint density at radius 1 is 0.833 bits per heavy atom. The molecule has 0 amide bonds. The van der Waals surface area contributed by atoms with Gasteiger partial charge in [-0.15, -0.1) is 12.2 Å². The first kappa shape index (κ1) is 31.7. The fraction of sp³-hybridized carbons (Fsp3) is 0.256. The lowest BCUT2D eigenvalue weighted by molar-refractivity contribution is -0.543. The summed E-state index contributed by atoms with van der Waals surface area (Å²) in [6.07, 6.45) is -5.64. The maximum atomic E-state index is 14.3. The fourth-order valence-electron chi connectivity index (χ4n) is 7.65. The number of nitrogens with one attached hydrogen (secondary N) is 1. The number of aryl methyl sites for hydroxylation is 1. The lowest BCUT2D eigenvalue weighted by atomic mass is 9.63. The number of likely N-dealkylation sites (N-methyl/N-ethyl adjacent to an activating group) is 1. The van der Waals surface area contributed by atoms with Crippen LogP contribution in [0.25, 0.3) is 5.69 Å². The van der Waals surface area contributed by atoms with E-state index in [1.54, 1.807) is 24.3 Å². The SMILES string of the molecule is Cc1ccc2c(c1)C(Cc1ccccc1)(Cc1ccccc1)C(=CC1C([O-])C(c3c(C(F)(F)F)[nH]n(-c4ccccc4)c3=O)C1[O-])N2C. The molecule has 2 atom stereocenters. The van der Waals surface area contributed by atoms with Crippen molar-refractivity contribution in [2.45, 2.75) is 49.5 Å². The number of benzene rings is 4. The van der Waals surface area contributed by atoms with Crippen molar-refractivity contribution in [3.63, 3.8) is 0 Å². The number of fused-ring (bicyclic) bond motifs is 1. The van der Waals surface area contributed by atoms with E-state index in [0.717, 1.165) is 38.3 Å². The second-order valence-corrected chi connectivity index (χ2v) is 12.9. The molecule has 1 aliphatic heterocycles. The molecule has 1 saturated carbocycles. The molecule has 7 rings (SSSR count). The third-order valence-corrected chi connectivity index (χ3v) is 9.95. The third kappa shape index (κ3) is 5.27. The lowest BCUT2D eigenvalue weighted by Crippen LogP contribution is -2.66. The number of hydrogen-bond acceptors (Lipinski definition) is 4. The van der Waals surface area contributed by atoms with Gasteiger partial charge in [-0.05, 0) is 66.5 Å². The molecule has 2 aliphatic rings. The Morgan fingerprint density at radius 3 is 1.92 bits per heavy atom. The minimum atomic E-state index is -4.97. The van der Waals surface area contributed by atoms with E-state index in [1.807, 2.05) is 91.7 Å². The van der Waals surface area contributed by atoms with E-state index in [2.05, 4.69) is 11.2 Å². The number of nitrogens with zero attached hydrogens (tertiary/aromatic N) is 2. The van der Waals surface area contributed by atoms with Gasteiger partial charge in [0, 0.05) is 23.8 Å². The van der Waals surface area contributed by atoms with Gasteiger partial charge in [0.15, 0.2) is 0 Å². The molecule has 1 aromatic heterocycles. The van der Waals surface area contributed by atoms with Crippen LogP contribution in [-0.2, 0) is 24.4 Å². The average Bonchev–Trinajstić information content (AvgIpc) is 3.52. The maximum Gasteiger partial charge on any atom is 0.433 e. The molecule has 1 N–H and O–H groups in total. The topological polar surface area (TPSA) is 87.1 Å². The minimum Gasteiger partial charge on any atom is -0.851 e. The van der Waals surface area contributed by atoms with Crippen LogP contribution in [0.4, 0.5) is 18.9 Å². The highest BCUT2D eigenvalue weighted by atomic mass is 19.4. The first-order valence-electron chi connectivity index (χ1n) is 15.9. The molecular weight excluding hydrogens is 615 g/mol. The number of H-pyrrole nitrogens is 1. The first-order chi connectivity index (χ1) is 23.0. The maximum absolute atomic E-state index is 14.3. The van der Waals surface area contributed by atoms with E-state index >= 15 is 0 Å². The Bertz CT molecular complexity index is 1970. The summed E-state index contributed by atoms with van der Waals surface area (Å²) in [7, 11) is 1.90. The number of allylic oxidation sites excluding steroid dienone is 1. The molecule has 48 heavy (non-hydrogen) atoms. The zero-order chi connectivity index (χ0) is 33.8. The van der Waals surface area contributed by atoms with Crippen LogP contribution in [0.5, 0.6) is 0 Å². The van der Waals surface area contributed by atoms with Crippen LogP contribution in [0, 0.1) is 12.8 Å². The predicted octanol–water partition coefficient (Wildman–Crippen LogP) is 5.42. The van der Waals surface area contributed by atoms with Gasteiger partial charge in [0.25, 0.3) is 5.56 Å². The van der Waals surface area contributed by atoms with E-state index in [-0.39, 0.29) is 5.69 Å². The highest BCUT2D eigenvalue weighted by molar-refractivity contribution is 5.72. The van der Waals surface area contributed by atoms with Crippen molar-refractivity contribution in [3.8, 4) is 5.69 Å². The number of halogens is 3. The van der Waals surface area contributed by atoms with Gasteiger partial charge in [-0.3, -0.25) is 9.89 Å². The number of para-hydroxylation sites is 1. The van der Waals surface area contributed by atoms with Crippen molar-refractivity contribution in [1.29, 1.82) is 0 Å². The summed E-state index contributed by atoms with van der Waals surface area (Å²) < 4.78 is 43.7. The largest absolute Gasteiger partial charge is 0.851 e.